The highest BCUT2D eigenvalue weighted by Gasteiger charge is 2.34. The monoisotopic (exact) mass is 395 g/mol. The molecule has 0 saturated carbocycles. The molecule has 0 N–H and O–H groups in total. The molecule has 28 heavy (non-hydrogen) atoms. The van der Waals surface area contributed by atoms with E-state index in [1.165, 1.54) is 18.2 Å². The van der Waals surface area contributed by atoms with Crippen LogP contribution in [0.1, 0.15) is 62.6 Å². The number of rotatable bonds is 6. The largest absolute Gasteiger partial charge is 0.493 e. The Labute approximate surface area is 189 Å². The van der Waals surface area contributed by atoms with Gasteiger partial charge in [0.15, 0.2) is 17.3 Å². The summed E-state index contributed by atoms with van der Waals surface area (Å²) in [5.41, 5.74) is -2.03. The molecule has 1 atom stereocenters. The predicted molar refractivity (Wildman–Crippen MR) is 110 cm³/mol. The van der Waals surface area contributed by atoms with E-state index in [0.717, 1.165) is 26.4 Å². The molecule has 2 aromatic carbocycles. The van der Waals surface area contributed by atoms with E-state index in [1.54, 1.807) is 0 Å². The summed E-state index contributed by atoms with van der Waals surface area (Å²) in [5.74, 6) is -9.67. The van der Waals surface area contributed by atoms with Crippen molar-refractivity contribution >= 4 is 5.78 Å². The summed E-state index contributed by atoms with van der Waals surface area (Å²) in [7, 11) is 2.16. The number of methoxy groups -OCH3 is 2. The van der Waals surface area contributed by atoms with Crippen LogP contribution in [0.15, 0.2) is 42.4 Å². The van der Waals surface area contributed by atoms with Crippen molar-refractivity contribution in [3.63, 3.8) is 0 Å². The fraction of sp³-hybridized carbons (Fsp3) is 0.458. The van der Waals surface area contributed by atoms with Crippen molar-refractivity contribution in [3.05, 3.63) is 59.1 Å². The third-order valence-electron chi connectivity index (χ3n) is 4.12. The van der Waals surface area contributed by atoms with Crippen LogP contribution in [0.3, 0.4) is 0 Å². The second kappa shape index (κ2) is 8.36. The number of likely N-dealkylation sites (tertiary alicyclic amines) is 1. The molecule has 148 valence electrons. The van der Waals surface area contributed by atoms with Gasteiger partial charge >= 0.3 is 0 Å². The molecule has 1 aliphatic heterocycles. The van der Waals surface area contributed by atoms with Gasteiger partial charge in [0, 0.05) is 37.1 Å². The van der Waals surface area contributed by atoms with Gasteiger partial charge in [0.25, 0.3) is 0 Å². The summed E-state index contributed by atoms with van der Waals surface area (Å²) in [6.07, 6.45) is -13.0. The van der Waals surface area contributed by atoms with Crippen molar-refractivity contribution in [2.24, 2.45) is 11.8 Å². The normalized spacial score (nSPS) is 41.9. The first-order chi connectivity index (χ1) is 19.8. The van der Waals surface area contributed by atoms with Crippen molar-refractivity contribution < 1.29 is 36.2 Å². The summed E-state index contributed by atoms with van der Waals surface area (Å²) in [6.45, 7) is -10.9. The Morgan fingerprint density at radius 3 is 2.54 bits per heavy atom. The SMILES string of the molecule is [2H]c1c(OC)c(OC)c([2H])c2c1C(=O)C([2H])(CC1([2H])C([2H])([2H])C([2H])([2H])N(C([2H])([2H])c3ccccc3)C([2H])([2H])C1([2H])[2H])C2([2H])[2H]. The number of nitrogens with zero attached hydrogens (tertiary/aromatic N) is 1. The summed E-state index contributed by atoms with van der Waals surface area (Å²) < 4.78 is 150. The number of Topliss-reactive ketones (excluding diaryl/α,β-unsaturated/α-hetero) is 1. The Balaban J connectivity index is 1.97. The van der Waals surface area contributed by atoms with Gasteiger partial charge in [-0.3, -0.25) is 9.69 Å². The third-order valence-corrected chi connectivity index (χ3v) is 4.12. The molecule has 4 rings (SSSR count). The molecular formula is C24H29NO3. The highest BCUT2D eigenvalue weighted by Crippen LogP contribution is 2.39. The third kappa shape index (κ3) is 3.93. The molecule has 0 spiro atoms. The molecule has 2 aliphatic rings. The first-order valence-electron chi connectivity index (χ1n) is 16.5. The first kappa shape index (κ1) is 7.83. The van der Waals surface area contributed by atoms with Crippen LogP contribution in [0.2, 0.25) is 0 Å². The van der Waals surface area contributed by atoms with E-state index < -0.39 is 97.3 Å². The lowest BCUT2D eigenvalue weighted by molar-refractivity contribution is 0.0895. The van der Waals surface area contributed by atoms with E-state index in [-0.39, 0.29) is 10.5 Å². The molecule has 4 heteroatoms. The molecule has 1 saturated heterocycles. The zero-order chi connectivity index (χ0) is 33.9. The fourth-order valence-electron chi connectivity index (χ4n) is 2.77. The highest BCUT2D eigenvalue weighted by atomic mass is 16.5. The zero-order valence-corrected chi connectivity index (χ0v) is 15.3. The number of carbonyl (C=O) groups excluding carboxylic acids is 1. The van der Waals surface area contributed by atoms with Crippen LogP contribution in [0.4, 0.5) is 0 Å². The zero-order valence-electron chi connectivity index (χ0n) is 31.3. The Kier molecular flexibility index (Phi) is 2.34. The molecule has 1 unspecified atom stereocenters. The van der Waals surface area contributed by atoms with Crippen molar-refractivity contribution in [2.45, 2.75) is 32.0 Å². The van der Waals surface area contributed by atoms with Gasteiger partial charge in [0.05, 0.1) is 17.0 Å². The molecule has 1 heterocycles. The summed E-state index contributed by atoms with van der Waals surface area (Å²) in [6, 6.07) is 4.90. The minimum atomic E-state index is -3.93. The van der Waals surface area contributed by atoms with Crippen LogP contribution in [-0.4, -0.2) is 37.9 Å². The van der Waals surface area contributed by atoms with Gasteiger partial charge in [-0.25, -0.2) is 0 Å². The molecule has 0 amide bonds. The number of hydrogen-bond donors (Lipinski definition) is 0. The molecule has 1 fully saturated rings. The molecule has 1 aliphatic carbocycles. The van der Waals surface area contributed by atoms with E-state index in [1.807, 2.05) is 0 Å². The van der Waals surface area contributed by atoms with Gasteiger partial charge in [-0.1, -0.05) is 30.3 Å². The summed E-state index contributed by atoms with van der Waals surface area (Å²) in [5, 5.41) is 0. The Hall–Kier alpha value is -2.33. The molecule has 4 nitrogen and oxygen atoms in total. The van der Waals surface area contributed by atoms with Crippen molar-refractivity contribution in [1.29, 1.82) is 0 Å². The molecule has 0 aromatic heterocycles. The summed E-state index contributed by atoms with van der Waals surface area (Å²) >= 11 is 0. The van der Waals surface area contributed by atoms with Crippen molar-refractivity contribution in [3.8, 4) is 11.5 Å². The topological polar surface area (TPSA) is 38.8 Å². The molecule has 2 aromatic rings. The lowest BCUT2D eigenvalue weighted by Gasteiger charge is -2.32. The second-order valence-electron chi connectivity index (χ2n) is 5.94. The van der Waals surface area contributed by atoms with E-state index in [2.05, 4.69) is 0 Å². The standard InChI is InChI=1S/C24H29NO3/c1-27-22-14-19-13-20(24(26)21(19)15-23(22)28-2)12-17-8-10-25(11-9-17)16-18-6-4-3-5-7-18/h3-7,14-15,17,20H,8-13,16H2,1-2H3/i8D2,9D2,10D2,11D2,13D2,14D,15D,16D2,17D,20D. The van der Waals surface area contributed by atoms with Crippen LogP contribution in [0, 0.1) is 11.8 Å². The number of piperidine rings is 1. The number of hydrogen-bond acceptors (Lipinski definition) is 4. The average Bonchev–Trinajstić information content (AvgIpc) is 3.06. The van der Waals surface area contributed by atoms with Crippen molar-refractivity contribution in [1.82, 2.24) is 4.90 Å². The molecular weight excluding hydrogens is 350 g/mol. The maximum absolute atomic E-state index is 13.8. The highest BCUT2D eigenvalue weighted by molar-refractivity contribution is 6.02. The minimum absolute atomic E-state index is 0.287. The van der Waals surface area contributed by atoms with Gasteiger partial charge in [0.1, 0.15) is 0 Å². The first-order valence-corrected chi connectivity index (χ1v) is 8.47. The Morgan fingerprint density at radius 2 is 1.86 bits per heavy atom. The predicted octanol–water partition coefficient (Wildman–Crippen LogP) is 4.36. The van der Waals surface area contributed by atoms with Crippen molar-refractivity contribution in [2.75, 3.05) is 27.2 Å². The maximum Gasteiger partial charge on any atom is 0.166 e. The number of fused-ring (bicyclic) bond motifs is 1. The van der Waals surface area contributed by atoms with Gasteiger partial charge in [0.2, 0.25) is 0 Å². The van der Waals surface area contributed by atoms with Gasteiger partial charge < -0.3 is 9.47 Å². The lowest BCUT2D eigenvalue weighted by atomic mass is 9.85. The summed E-state index contributed by atoms with van der Waals surface area (Å²) in [4.78, 5) is 13.5. The number of ether oxygens (including phenoxy) is 2. The molecule has 0 radical (unpaired) electrons. The quantitative estimate of drug-likeness (QED) is 0.728. The van der Waals surface area contributed by atoms with Crippen LogP contribution in [0.5, 0.6) is 11.5 Å². The van der Waals surface area contributed by atoms with E-state index >= 15 is 0 Å². The lowest BCUT2D eigenvalue weighted by Crippen LogP contribution is -2.34. The average molecular weight is 396 g/mol. The Morgan fingerprint density at radius 1 is 1.18 bits per heavy atom. The number of ketones is 1. The van der Waals surface area contributed by atoms with Gasteiger partial charge in [-0.05, 0) is 67.6 Å². The van der Waals surface area contributed by atoms with Gasteiger partial charge in [-0.2, -0.15) is 0 Å². The molecule has 0 bridgehead atoms. The fourth-order valence-corrected chi connectivity index (χ4v) is 2.77. The van der Waals surface area contributed by atoms with Crippen LogP contribution in [-0.2, 0) is 12.9 Å². The Bertz CT molecular complexity index is 1480. The number of carbonyl (C=O) groups is 1. The van der Waals surface area contributed by atoms with E-state index in [9.17, 15) is 4.79 Å². The maximum atomic E-state index is 13.8. The van der Waals surface area contributed by atoms with Crippen LogP contribution < -0.4 is 9.47 Å². The second-order valence-corrected chi connectivity index (χ2v) is 5.94. The van der Waals surface area contributed by atoms with Crippen LogP contribution in [0.25, 0.3) is 0 Å². The van der Waals surface area contributed by atoms with Gasteiger partial charge in [-0.15, -0.1) is 0 Å². The smallest absolute Gasteiger partial charge is 0.166 e. The minimum Gasteiger partial charge on any atom is -0.493 e. The van der Waals surface area contributed by atoms with Crippen LogP contribution >= 0.6 is 0 Å². The van der Waals surface area contributed by atoms with E-state index in [4.69, 9.17) is 31.4 Å². The van der Waals surface area contributed by atoms with E-state index in [0.29, 0.717) is 0 Å². The number of benzene rings is 2.